The molecule has 0 aliphatic heterocycles. The Labute approximate surface area is 99.7 Å². The highest BCUT2D eigenvalue weighted by atomic mass is 16.4. The number of hydrogen-bond acceptors (Lipinski definition) is 3. The molecule has 0 bridgehead atoms. The van der Waals surface area contributed by atoms with E-state index in [2.05, 4.69) is 5.16 Å². The van der Waals surface area contributed by atoms with Gasteiger partial charge in [-0.2, -0.15) is 0 Å². The lowest BCUT2D eigenvalue weighted by Gasteiger charge is -2.08. The molecule has 2 aromatic carbocycles. The number of benzene rings is 2. The van der Waals surface area contributed by atoms with Gasteiger partial charge >= 0.3 is 0 Å². The van der Waals surface area contributed by atoms with E-state index in [0.29, 0.717) is 5.71 Å². The number of oxime groups is 1. The van der Waals surface area contributed by atoms with Crippen molar-refractivity contribution in [3.63, 3.8) is 0 Å². The molecule has 3 heteroatoms. The van der Waals surface area contributed by atoms with Crippen LogP contribution in [-0.2, 0) is 6.61 Å². The van der Waals surface area contributed by atoms with Gasteiger partial charge in [0, 0.05) is 11.1 Å². The zero-order valence-electron chi connectivity index (χ0n) is 9.24. The van der Waals surface area contributed by atoms with Crippen LogP contribution in [0.5, 0.6) is 0 Å². The Bertz CT molecular complexity index is 521. The average molecular weight is 227 g/mol. The van der Waals surface area contributed by atoms with Gasteiger partial charge in [0.25, 0.3) is 0 Å². The third-order valence-electron chi connectivity index (χ3n) is 2.59. The highest BCUT2D eigenvalue weighted by molar-refractivity contribution is 6.13. The monoisotopic (exact) mass is 227 g/mol. The number of nitrogens with zero attached hydrogens (tertiary/aromatic N) is 1. The average Bonchev–Trinajstić information content (AvgIpc) is 2.41. The number of rotatable bonds is 3. The van der Waals surface area contributed by atoms with Gasteiger partial charge in [-0.25, -0.2) is 0 Å². The fourth-order valence-corrected chi connectivity index (χ4v) is 1.75. The topological polar surface area (TPSA) is 52.8 Å². The maximum atomic E-state index is 9.27. The molecule has 3 nitrogen and oxygen atoms in total. The van der Waals surface area contributed by atoms with E-state index in [0.717, 1.165) is 16.7 Å². The van der Waals surface area contributed by atoms with Gasteiger partial charge in [-0.3, -0.25) is 0 Å². The summed E-state index contributed by atoms with van der Waals surface area (Å²) < 4.78 is 0. The van der Waals surface area contributed by atoms with Gasteiger partial charge in [-0.1, -0.05) is 59.8 Å². The number of aliphatic hydroxyl groups excluding tert-OH is 1. The van der Waals surface area contributed by atoms with E-state index in [1.807, 2.05) is 54.6 Å². The fraction of sp³-hybridized carbons (Fsp3) is 0.0714. The molecule has 0 saturated heterocycles. The molecular formula is C14H13NO2. The summed E-state index contributed by atoms with van der Waals surface area (Å²) in [5.41, 5.74) is 2.76. The van der Waals surface area contributed by atoms with Crippen LogP contribution in [0.25, 0.3) is 0 Å². The van der Waals surface area contributed by atoms with Crippen LogP contribution in [0.4, 0.5) is 0 Å². The second-order valence-electron chi connectivity index (χ2n) is 3.63. The minimum absolute atomic E-state index is 0.0813. The molecule has 0 radical (unpaired) electrons. The Hall–Kier alpha value is -2.13. The molecule has 0 atom stereocenters. The second kappa shape index (κ2) is 5.27. The van der Waals surface area contributed by atoms with Crippen LogP contribution < -0.4 is 0 Å². The minimum atomic E-state index is -0.0813. The molecule has 0 heterocycles. The molecule has 0 unspecified atom stereocenters. The van der Waals surface area contributed by atoms with Crippen molar-refractivity contribution in [3.8, 4) is 0 Å². The van der Waals surface area contributed by atoms with Crippen molar-refractivity contribution in [3.05, 3.63) is 71.3 Å². The molecule has 0 saturated carbocycles. The second-order valence-corrected chi connectivity index (χ2v) is 3.63. The molecule has 0 aromatic heterocycles. The molecule has 17 heavy (non-hydrogen) atoms. The molecule has 0 aliphatic rings. The number of aliphatic hydroxyl groups is 1. The first-order valence-electron chi connectivity index (χ1n) is 5.33. The van der Waals surface area contributed by atoms with Crippen LogP contribution in [0, 0.1) is 0 Å². The molecule has 0 amide bonds. The van der Waals surface area contributed by atoms with Gasteiger partial charge in [0.05, 0.1) is 6.61 Å². The van der Waals surface area contributed by atoms with Crippen LogP contribution in [0.1, 0.15) is 16.7 Å². The summed E-state index contributed by atoms with van der Waals surface area (Å²) >= 11 is 0. The van der Waals surface area contributed by atoms with Crippen LogP contribution in [0.2, 0.25) is 0 Å². The molecule has 0 aliphatic carbocycles. The summed E-state index contributed by atoms with van der Waals surface area (Å²) in [7, 11) is 0. The van der Waals surface area contributed by atoms with Gasteiger partial charge in [0.2, 0.25) is 0 Å². The zero-order valence-corrected chi connectivity index (χ0v) is 9.24. The maximum Gasteiger partial charge on any atom is 0.117 e. The van der Waals surface area contributed by atoms with E-state index in [-0.39, 0.29) is 6.61 Å². The van der Waals surface area contributed by atoms with Crippen LogP contribution in [0.15, 0.2) is 59.8 Å². The van der Waals surface area contributed by atoms with E-state index in [1.165, 1.54) is 0 Å². The van der Waals surface area contributed by atoms with Crippen molar-refractivity contribution < 1.29 is 10.3 Å². The Morgan fingerprint density at radius 3 is 2.24 bits per heavy atom. The molecule has 2 rings (SSSR count). The van der Waals surface area contributed by atoms with Crippen LogP contribution in [-0.4, -0.2) is 16.0 Å². The third-order valence-corrected chi connectivity index (χ3v) is 2.59. The van der Waals surface area contributed by atoms with E-state index in [9.17, 15) is 5.11 Å². The van der Waals surface area contributed by atoms with Crippen molar-refractivity contribution in [2.75, 3.05) is 0 Å². The largest absolute Gasteiger partial charge is 0.410 e. The lowest BCUT2D eigenvalue weighted by molar-refractivity contribution is 0.281. The predicted octanol–water partition coefficient (Wildman–Crippen LogP) is 2.41. The van der Waals surface area contributed by atoms with Crippen molar-refractivity contribution in [1.29, 1.82) is 0 Å². The van der Waals surface area contributed by atoms with Gasteiger partial charge in [-0.05, 0) is 5.56 Å². The molecule has 2 N–H and O–H groups in total. The maximum absolute atomic E-state index is 9.27. The standard InChI is InChI=1S/C14H13NO2/c16-10-12-8-4-5-9-13(12)14(15-17)11-6-2-1-3-7-11/h1-9,16-17H,10H2/b15-14-. The first-order chi connectivity index (χ1) is 8.36. The molecule has 86 valence electrons. The molecule has 0 fully saturated rings. The Morgan fingerprint density at radius 1 is 0.941 bits per heavy atom. The first kappa shape index (κ1) is 11.4. The molecular weight excluding hydrogens is 214 g/mol. The van der Waals surface area contributed by atoms with E-state index in [4.69, 9.17) is 5.21 Å². The minimum Gasteiger partial charge on any atom is -0.410 e. The van der Waals surface area contributed by atoms with Gasteiger partial charge in [-0.15, -0.1) is 0 Å². The number of hydrogen-bond donors (Lipinski definition) is 2. The summed E-state index contributed by atoms with van der Waals surface area (Å²) in [4.78, 5) is 0. The zero-order chi connectivity index (χ0) is 12.1. The third kappa shape index (κ3) is 2.34. The Morgan fingerprint density at radius 2 is 1.59 bits per heavy atom. The Balaban J connectivity index is 2.51. The van der Waals surface area contributed by atoms with Crippen molar-refractivity contribution >= 4 is 5.71 Å². The lowest BCUT2D eigenvalue weighted by Crippen LogP contribution is -2.06. The molecule has 0 spiro atoms. The summed E-state index contributed by atoms with van der Waals surface area (Å²) in [6.45, 7) is -0.0813. The lowest BCUT2D eigenvalue weighted by atomic mass is 9.98. The Kier molecular flexibility index (Phi) is 3.52. The van der Waals surface area contributed by atoms with Gasteiger partial charge in [0.1, 0.15) is 5.71 Å². The van der Waals surface area contributed by atoms with Crippen molar-refractivity contribution in [2.45, 2.75) is 6.61 Å². The van der Waals surface area contributed by atoms with Crippen LogP contribution in [0.3, 0.4) is 0 Å². The predicted molar refractivity (Wildman–Crippen MR) is 66.2 cm³/mol. The fourth-order valence-electron chi connectivity index (χ4n) is 1.75. The summed E-state index contributed by atoms with van der Waals surface area (Å²) in [6, 6.07) is 16.7. The quantitative estimate of drug-likeness (QED) is 0.480. The highest BCUT2D eigenvalue weighted by Gasteiger charge is 2.10. The summed E-state index contributed by atoms with van der Waals surface area (Å²) in [5.74, 6) is 0. The smallest absolute Gasteiger partial charge is 0.117 e. The molecule has 2 aromatic rings. The summed E-state index contributed by atoms with van der Waals surface area (Å²) in [5, 5.41) is 21.8. The normalized spacial score (nSPS) is 11.5. The van der Waals surface area contributed by atoms with Crippen molar-refractivity contribution in [1.82, 2.24) is 0 Å². The van der Waals surface area contributed by atoms with E-state index < -0.39 is 0 Å². The summed E-state index contributed by atoms with van der Waals surface area (Å²) in [6.07, 6.45) is 0. The van der Waals surface area contributed by atoms with Crippen molar-refractivity contribution in [2.24, 2.45) is 5.16 Å². The first-order valence-corrected chi connectivity index (χ1v) is 5.33. The van der Waals surface area contributed by atoms with Crippen LogP contribution >= 0.6 is 0 Å². The van der Waals surface area contributed by atoms with E-state index >= 15 is 0 Å². The van der Waals surface area contributed by atoms with Gasteiger partial charge < -0.3 is 10.3 Å². The van der Waals surface area contributed by atoms with E-state index in [1.54, 1.807) is 0 Å². The highest BCUT2D eigenvalue weighted by Crippen LogP contribution is 2.15. The van der Waals surface area contributed by atoms with Gasteiger partial charge in [0.15, 0.2) is 0 Å². The SMILES string of the molecule is OCc1ccccc1/C(=N\O)c1ccccc1.